The minimum absolute atomic E-state index is 0.236. The molecule has 3 rings (SSSR count). The van der Waals surface area contributed by atoms with E-state index in [9.17, 15) is 40.0 Å². The van der Waals surface area contributed by atoms with Crippen molar-refractivity contribution in [2.75, 3.05) is 23.3 Å². The number of aromatic nitrogens is 2. The number of amides is 2. The van der Waals surface area contributed by atoms with E-state index in [1.807, 2.05) is 0 Å². The van der Waals surface area contributed by atoms with Crippen LogP contribution in [0.2, 0.25) is 0 Å². The molecule has 184 valence electrons. The SMILES string of the molecule is NC(=O)OS(=O)(=O)c1cc(NC(=O)c2cc(C(F)(F)F)cnc2N2CCC(F)(F)CC2)ccn1. The Morgan fingerprint density at radius 1 is 1.15 bits per heavy atom. The lowest BCUT2D eigenvalue weighted by atomic mass is 10.1. The van der Waals surface area contributed by atoms with Crippen molar-refractivity contribution in [3.05, 3.63) is 41.7 Å². The molecular formula is C18H16F5N5O5S. The van der Waals surface area contributed by atoms with Gasteiger partial charge in [-0.25, -0.2) is 23.5 Å². The number of alkyl halides is 5. The highest BCUT2D eigenvalue weighted by atomic mass is 32.2. The van der Waals surface area contributed by atoms with Crippen LogP contribution in [0.1, 0.15) is 28.8 Å². The average Bonchev–Trinajstić information content (AvgIpc) is 2.72. The molecule has 3 N–H and O–H groups in total. The van der Waals surface area contributed by atoms with Gasteiger partial charge in [0.1, 0.15) is 5.82 Å². The summed E-state index contributed by atoms with van der Waals surface area (Å²) in [4.78, 5) is 32.0. The van der Waals surface area contributed by atoms with Gasteiger partial charge < -0.3 is 20.1 Å². The zero-order chi connectivity index (χ0) is 25.3. The van der Waals surface area contributed by atoms with Crippen molar-refractivity contribution in [3.63, 3.8) is 0 Å². The van der Waals surface area contributed by atoms with Crippen LogP contribution in [-0.2, 0) is 20.5 Å². The summed E-state index contributed by atoms with van der Waals surface area (Å²) in [6.45, 7) is -0.512. The quantitative estimate of drug-likeness (QED) is 0.463. The number of pyridine rings is 2. The Morgan fingerprint density at radius 2 is 1.79 bits per heavy atom. The number of nitrogens with zero attached hydrogens (tertiary/aromatic N) is 3. The fraction of sp³-hybridized carbons (Fsp3) is 0.333. The lowest BCUT2D eigenvalue weighted by Crippen LogP contribution is -2.40. The van der Waals surface area contributed by atoms with Gasteiger partial charge in [-0.2, -0.15) is 21.6 Å². The second-order valence-corrected chi connectivity index (χ2v) is 8.62. The smallest absolute Gasteiger partial charge is 0.356 e. The zero-order valence-corrected chi connectivity index (χ0v) is 17.8. The van der Waals surface area contributed by atoms with Crippen LogP contribution in [0.5, 0.6) is 0 Å². The number of carbonyl (C=O) groups excluding carboxylic acids is 2. The van der Waals surface area contributed by atoms with Crippen LogP contribution in [0.25, 0.3) is 0 Å². The van der Waals surface area contributed by atoms with E-state index < -0.39 is 63.2 Å². The van der Waals surface area contributed by atoms with Crippen molar-refractivity contribution in [2.24, 2.45) is 5.73 Å². The molecule has 2 aromatic heterocycles. The third-order valence-electron chi connectivity index (χ3n) is 4.67. The van der Waals surface area contributed by atoms with Gasteiger partial charge in [-0.3, -0.25) is 4.79 Å². The Kier molecular flexibility index (Phi) is 6.64. The molecule has 0 atom stereocenters. The van der Waals surface area contributed by atoms with Gasteiger partial charge in [0.15, 0.2) is 5.03 Å². The maximum atomic E-state index is 13.5. The molecule has 2 amide bonds. The first-order chi connectivity index (χ1) is 15.7. The summed E-state index contributed by atoms with van der Waals surface area (Å²) in [7, 11) is -4.72. The maximum absolute atomic E-state index is 13.5. The van der Waals surface area contributed by atoms with Crippen molar-refractivity contribution in [3.8, 4) is 0 Å². The molecule has 16 heteroatoms. The normalized spacial score (nSPS) is 16.1. The number of nitrogens with two attached hydrogens (primary N) is 1. The van der Waals surface area contributed by atoms with Gasteiger partial charge in [0.25, 0.3) is 11.8 Å². The van der Waals surface area contributed by atoms with Crippen molar-refractivity contribution >= 4 is 33.6 Å². The first-order valence-electron chi connectivity index (χ1n) is 9.39. The molecule has 1 fully saturated rings. The van der Waals surface area contributed by atoms with E-state index in [1.165, 1.54) is 4.90 Å². The standard InChI is InChI=1S/C18H16F5N5O5S/c19-17(20)2-5-28(6-3-17)14-12(7-10(9-26-14)18(21,22)23)15(29)27-11-1-4-25-13(8-11)34(31,32)33-16(24)30/h1,4,7-9H,2-3,5-6H2,(H2,24,30)(H,25,27,29). The van der Waals surface area contributed by atoms with Crippen LogP contribution >= 0.6 is 0 Å². The van der Waals surface area contributed by atoms with Crippen molar-refractivity contribution in [2.45, 2.75) is 30.0 Å². The zero-order valence-electron chi connectivity index (χ0n) is 17.0. The highest BCUT2D eigenvalue weighted by Gasteiger charge is 2.37. The van der Waals surface area contributed by atoms with Crippen LogP contribution in [0.4, 0.5) is 38.3 Å². The van der Waals surface area contributed by atoms with E-state index in [1.54, 1.807) is 0 Å². The molecule has 0 bridgehead atoms. The third kappa shape index (κ3) is 5.86. The minimum atomic E-state index is -4.85. The summed E-state index contributed by atoms with van der Waals surface area (Å²) in [5.74, 6) is -4.33. The van der Waals surface area contributed by atoms with Crippen LogP contribution in [0, 0.1) is 0 Å². The molecule has 34 heavy (non-hydrogen) atoms. The lowest BCUT2D eigenvalue weighted by Gasteiger charge is -2.33. The van der Waals surface area contributed by atoms with E-state index in [2.05, 4.69) is 25.2 Å². The fourth-order valence-corrected chi connectivity index (χ4v) is 3.81. The molecule has 1 saturated heterocycles. The second-order valence-electron chi connectivity index (χ2n) is 7.13. The topological polar surface area (TPSA) is 145 Å². The average molecular weight is 509 g/mol. The van der Waals surface area contributed by atoms with Gasteiger partial charge in [-0.15, -0.1) is 0 Å². The number of primary amides is 1. The van der Waals surface area contributed by atoms with Crippen molar-refractivity contribution < 1.29 is 44.1 Å². The summed E-state index contributed by atoms with van der Waals surface area (Å²) in [5, 5.41) is 1.39. The largest absolute Gasteiger partial charge is 0.420 e. The lowest BCUT2D eigenvalue weighted by molar-refractivity contribution is -0.137. The van der Waals surface area contributed by atoms with Crippen LogP contribution < -0.4 is 16.0 Å². The van der Waals surface area contributed by atoms with Gasteiger partial charge in [-0.05, 0) is 12.1 Å². The molecule has 0 saturated carbocycles. The van der Waals surface area contributed by atoms with Gasteiger partial charge in [0.05, 0.1) is 11.1 Å². The predicted molar refractivity (Wildman–Crippen MR) is 106 cm³/mol. The summed E-state index contributed by atoms with van der Waals surface area (Å²) in [6, 6.07) is 2.40. The molecule has 0 aliphatic carbocycles. The Hall–Kier alpha value is -3.56. The molecule has 0 spiro atoms. The van der Waals surface area contributed by atoms with Crippen LogP contribution in [-0.4, -0.2) is 49.4 Å². The number of rotatable bonds is 5. The molecule has 3 heterocycles. The molecule has 0 unspecified atom stereocenters. The number of carbonyl (C=O) groups is 2. The minimum Gasteiger partial charge on any atom is -0.356 e. The number of nitrogens with one attached hydrogen (secondary N) is 1. The summed E-state index contributed by atoms with van der Waals surface area (Å²) >= 11 is 0. The van der Waals surface area contributed by atoms with Gasteiger partial charge >= 0.3 is 22.4 Å². The van der Waals surface area contributed by atoms with E-state index in [-0.39, 0.29) is 24.6 Å². The Morgan fingerprint density at radius 3 is 2.38 bits per heavy atom. The van der Waals surface area contributed by atoms with Crippen LogP contribution in [0.3, 0.4) is 0 Å². The van der Waals surface area contributed by atoms with E-state index >= 15 is 0 Å². The number of anilines is 2. The Balaban J connectivity index is 1.94. The fourth-order valence-electron chi connectivity index (χ4n) is 3.05. The molecule has 1 aliphatic rings. The van der Waals surface area contributed by atoms with E-state index in [0.717, 1.165) is 18.3 Å². The second kappa shape index (κ2) is 9.00. The first kappa shape index (κ1) is 25.1. The summed E-state index contributed by atoms with van der Waals surface area (Å²) in [5.41, 5.74) is 2.61. The van der Waals surface area contributed by atoms with Gasteiger partial charge in [0, 0.05) is 50.1 Å². The molecule has 0 radical (unpaired) electrons. The summed E-state index contributed by atoms with van der Waals surface area (Å²) < 4.78 is 94.4. The third-order valence-corrected chi connectivity index (χ3v) is 5.79. The number of hydrogen-bond acceptors (Lipinski definition) is 8. The monoisotopic (exact) mass is 509 g/mol. The molecule has 0 aromatic carbocycles. The summed E-state index contributed by atoms with van der Waals surface area (Å²) in [6.07, 6.45) is -6.24. The maximum Gasteiger partial charge on any atom is 0.420 e. The van der Waals surface area contributed by atoms with Gasteiger partial charge in [-0.1, -0.05) is 0 Å². The van der Waals surface area contributed by atoms with Crippen molar-refractivity contribution in [1.29, 1.82) is 0 Å². The van der Waals surface area contributed by atoms with Crippen LogP contribution in [0.15, 0.2) is 35.6 Å². The first-order valence-corrected chi connectivity index (χ1v) is 10.8. The molecule has 10 nitrogen and oxygen atoms in total. The molecular weight excluding hydrogens is 493 g/mol. The van der Waals surface area contributed by atoms with E-state index in [4.69, 9.17) is 0 Å². The molecule has 1 aliphatic heterocycles. The Labute approximate surface area is 189 Å². The highest BCUT2D eigenvalue weighted by Crippen LogP contribution is 2.35. The predicted octanol–water partition coefficient (Wildman–Crippen LogP) is 2.77. The number of halogens is 5. The number of hydrogen-bond donors (Lipinski definition) is 2. The van der Waals surface area contributed by atoms with E-state index in [0.29, 0.717) is 12.3 Å². The molecule has 2 aromatic rings. The highest BCUT2D eigenvalue weighted by molar-refractivity contribution is 7.87. The van der Waals surface area contributed by atoms with Gasteiger partial charge in [0.2, 0.25) is 0 Å². The Bertz CT molecular complexity index is 1210. The van der Waals surface area contributed by atoms with Crippen molar-refractivity contribution in [1.82, 2.24) is 9.97 Å². The number of piperidine rings is 1.